The summed E-state index contributed by atoms with van der Waals surface area (Å²) in [6.07, 6.45) is 5.95. The van der Waals surface area contributed by atoms with E-state index in [9.17, 15) is 0 Å². The van der Waals surface area contributed by atoms with Crippen LogP contribution in [0, 0.1) is 17.3 Å². The maximum Gasteiger partial charge on any atom is 0.120 e. The number of aromatic nitrogens is 1. The van der Waals surface area contributed by atoms with Gasteiger partial charge in [-0.25, -0.2) is 4.37 Å². The van der Waals surface area contributed by atoms with E-state index in [1.54, 1.807) is 0 Å². The van der Waals surface area contributed by atoms with E-state index in [2.05, 4.69) is 103 Å². The number of ether oxygens (including phenoxy) is 1. The zero-order chi connectivity index (χ0) is 22.1. The van der Waals surface area contributed by atoms with E-state index >= 15 is 0 Å². The first-order valence-electron chi connectivity index (χ1n) is 10.5. The largest absolute Gasteiger partial charge is 0.489 e. The number of allylic oxidation sites excluding steroid dienone is 1. The number of benzene rings is 2. The lowest BCUT2D eigenvalue weighted by Crippen LogP contribution is -2.17. The molecule has 3 aromatic rings. The van der Waals surface area contributed by atoms with Crippen LogP contribution in [0.2, 0.25) is 0 Å². The second-order valence-electron chi connectivity index (χ2n) is 8.67. The lowest BCUT2D eigenvalue weighted by atomic mass is 9.98. The Labute approximate surface area is 190 Å². The summed E-state index contributed by atoms with van der Waals surface area (Å²) in [5, 5.41) is 2.06. The molecule has 0 N–H and O–H groups in total. The van der Waals surface area contributed by atoms with E-state index in [4.69, 9.17) is 4.74 Å². The number of rotatable bonds is 8. The maximum absolute atomic E-state index is 6.07. The lowest BCUT2D eigenvalue weighted by molar-refractivity contribution is 0.304. The predicted octanol–water partition coefficient (Wildman–Crippen LogP) is 6.43. The topological polar surface area (TPSA) is 25.4 Å². The van der Waals surface area contributed by atoms with Crippen LogP contribution in [0.5, 0.6) is 5.75 Å². The first-order valence-corrected chi connectivity index (χ1v) is 11.3. The van der Waals surface area contributed by atoms with E-state index in [0.717, 1.165) is 30.0 Å². The van der Waals surface area contributed by atoms with Crippen LogP contribution in [-0.2, 0) is 13.2 Å². The van der Waals surface area contributed by atoms with Gasteiger partial charge in [0.25, 0.3) is 0 Å². The van der Waals surface area contributed by atoms with Crippen LogP contribution in [0.4, 0.5) is 0 Å². The molecule has 160 valence electrons. The summed E-state index contributed by atoms with van der Waals surface area (Å²) in [7, 11) is 2.11. The molecule has 0 fully saturated rings. The molecule has 0 atom stereocenters. The van der Waals surface area contributed by atoms with Gasteiger partial charge in [0.05, 0.1) is 0 Å². The quantitative estimate of drug-likeness (QED) is 0.385. The van der Waals surface area contributed by atoms with Crippen molar-refractivity contribution in [1.29, 1.82) is 0 Å². The normalized spacial score (nSPS) is 11.5. The van der Waals surface area contributed by atoms with Crippen molar-refractivity contribution in [2.75, 3.05) is 13.6 Å². The van der Waals surface area contributed by atoms with Gasteiger partial charge >= 0.3 is 0 Å². The maximum atomic E-state index is 6.07. The Hall–Kier alpha value is -2.87. The van der Waals surface area contributed by atoms with Gasteiger partial charge in [0.15, 0.2) is 0 Å². The molecular formula is C27H30N2OS. The van der Waals surface area contributed by atoms with Crippen molar-refractivity contribution in [3.05, 3.63) is 83.4 Å². The minimum absolute atomic E-state index is 0.0408. The van der Waals surface area contributed by atoms with Crippen molar-refractivity contribution in [1.82, 2.24) is 9.27 Å². The van der Waals surface area contributed by atoms with Crippen LogP contribution in [0.3, 0.4) is 0 Å². The molecule has 0 aliphatic heterocycles. The standard InChI is InChI=1S/C27H30N2OS/c1-27(2,3)14-6-5-7-15-29(4)19-22-10-9-13-26(17-22)30-20-23-11-8-12-24(16-23)25-18-28-31-21-25/h5,7-13,16-18,21H,15,19-20H2,1-4H3. The first-order chi connectivity index (χ1) is 14.9. The fraction of sp³-hybridized carbons (Fsp3) is 0.296. The number of hydrogen-bond donors (Lipinski definition) is 0. The van der Waals surface area contributed by atoms with Crippen molar-refractivity contribution < 1.29 is 4.74 Å². The molecule has 0 aliphatic carbocycles. The second-order valence-corrected chi connectivity index (χ2v) is 9.33. The average Bonchev–Trinajstić information content (AvgIpc) is 3.27. The molecule has 0 saturated heterocycles. The highest BCUT2D eigenvalue weighted by molar-refractivity contribution is 7.03. The molecule has 0 spiro atoms. The van der Waals surface area contributed by atoms with Crippen molar-refractivity contribution in [2.45, 2.75) is 33.9 Å². The van der Waals surface area contributed by atoms with Crippen LogP contribution < -0.4 is 4.74 Å². The Morgan fingerprint density at radius 1 is 1.06 bits per heavy atom. The number of nitrogens with zero attached hydrogens (tertiary/aromatic N) is 2. The highest BCUT2D eigenvalue weighted by Gasteiger charge is 2.04. The third-order valence-electron chi connectivity index (χ3n) is 4.51. The first kappa shape index (κ1) is 22.8. The van der Waals surface area contributed by atoms with Gasteiger partial charge in [-0.2, -0.15) is 0 Å². The Bertz CT molecular complexity index is 1050. The molecule has 0 unspecified atom stereocenters. The minimum atomic E-state index is 0.0408. The van der Waals surface area contributed by atoms with Gasteiger partial charge in [-0.05, 0) is 80.3 Å². The van der Waals surface area contributed by atoms with Gasteiger partial charge in [0.2, 0.25) is 0 Å². The lowest BCUT2D eigenvalue weighted by Gasteiger charge is -2.15. The fourth-order valence-electron chi connectivity index (χ4n) is 3.01. The Balaban J connectivity index is 1.53. The molecular weight excluding hydrogens is 400 g/mol. The van der Waals surface area contributed by atoms with E-state index in [1.165, 1.54) is 22.7 Å². The Kier molecular flexibility index (Phi) is 8.06. The predicted molar refractivity (Wildman–Crippen MR) is 131 cm³/mol. The fourth-order valence-corrected chi connectivity index (χ4v) is 3.56. The third-order valence-corrected chi connectivity index (χ3v) is 5.10. The summed E-state index contributed by atoms with van der Waals surface area (Å²) < 4.78 is 10.3. The zero-order valence-electron chi connectivity index (χ0n) is 18.8. The average molecular weight is 431 g/mol. The molecule has 0 saturated carbocycles. The molecule has 0 aliphatic rings. The Morgan fingerprint density at radius 3 is 2.65 bits per heavy atom. The van der Waals surface area contributed by atoms with Gasteiger partial charge in [0.1, 0.15) is 12.4 Å². The summed E-state index contributed by atoms with van der Waals surface area (Å²) in [6.45, 7) is 8.61. The van der Waals surface area contributed by atoms with Gasteiger partial charge in [-0.3, -0.25) is 4.90 Å². The molecule has 3 nitrogen and oxygen atoms in total. The van der Waals surface area contributed by atoms with Crippen LogP contribution in [0.25, 0.3) is 11.1 Å². The van der Waals surface area contributed by atoms with Gasteiger partial charge < -0.3 is 4.74 Å². The van der Waals surface area contributed by atoms with Crippen molar-refractivity contribution in [3.63, 3.8) is 0 Å². The minimum Gasteiger partial charge on any atom is -0.489 e. The third kappa shape index (κ3) is 8.05. The molecule has 0 amide bonds. The van der Waals surface area contributed by atoms with Crippen molar-refractivity contribution >= 4 is 11.5 Å². The summed E-state index contributed by atoms with van der Waals surface area (Å²) in [4.78, 5) is 2.26. The van der Waals surface area contributed by atoms with E-state index in [-0.39, 0.29) is 5.41 Å². The van der Waals surface area contributed by atoms with Gasteiger partial charge in [0, 0.05) is 35.6 Å². The molecule has 0 bridgehead atoms. The smallest absolute Gasteiger partial charge is 0.120 e. The molecule has 3 rings (SSSR count). The summed E-state index contributed by atoms with van der Waals surface area (Å²) >= 11 is 1.47. The van der Waals surface area contributed by atoms with Crippen LogP contribution >= 0.6 is 11.5 Å². The van der Waals surface area contributed by atoms with E-state index < -0.39 is 0 Å². The van der Waals surface area contributed by atoms with Gasteiger partial charge in [-0.1, -0.05) is 48.2 Å². The molecule has 1 heterocycles. The molecule has 2 aromatic carbocycles. The molecule has 31 heavy (non-hydrogen) atoms. The molecule has 0 radical (unpaired) electrons. The summed E-state index contributed by atoms with van der Waals surface area (Å²) in [5.74, 6) is 7.22. The van der Waals surface area contributed by atoms with Crippen molar-refractivity contribution in [2.24, 2.45) is 5.41 Å². The monoisotopic (exact) mass is 430 g/mol. The highest BCUT2D eigenvalue weighted by atomic mass is 32.1. The highest BCUT2D eigenvalue weighted by Crippen LogP contribution is 2.22. The van der Waals surface area contributed by atoms with Crippen LogP contribution in [0.1, 0.15) is 31.9 Å². The second kappa shape index (κ2) is 10.9. The number of likely N-dealkylation sites (N-methyl/N-ethyl adjacent to an activating group) is 1. The molecule has 4 heteroatoms. The van der Waals surface area contributed by atoms with E-state index in [0.29, 0.717) is 6.61 Å². The summed E-state index contributed by atoms with van der Waals surface area (Å²) in [5.41, 5.74) is 4.74. The van der Waals surface area contributed by atoms with E-state index in [1.807, 2.05) is 18.3 Å². The SMILES string of the molecule is CN(CC=CC#CC(C)(C)C)Cc1cccc(OCc2cccc(-c3cnsc3)c2)c1. The van der Waals surface area contributed by atoms with Gasteiger partial charge in [-0.15, -0.1) is 0 Å². The van der Waals surface area contributed by atoms with Crippen molar-refractivity contribution in [3.8, 4) is 28.7 Å². The summed E-state index contributed by atoms with van der Waals surface area (Å²) in [6, 6.07) is 16.7. The van der Waals surface area contributed by atoms with Crippen LogP contribution in [-0.4, -0.2) is 22.9 Å². The molecule has 1 aromatic heterocycles. The van der Waals surface area contributed by atoms with Crippen LogP contribution in [0.15, 0.2) is 72.3 Å². The Morgan fingerprint density at radius 2 is 1.87 bits per heavy atom. The zero-order valence-corrected chi connectivity index (χ0v) is 19.6. The number of hydrogen-bond acceptors (Lipinski definition) is 4.